The average Bonchev–Trinajstić information content (AvgIpc) is 3.09. The van der Waals surface area contributed by atoms with Crippen molar-refractivity contribution in [2.45, 2.75) is 0 Å². The van der Waals surface area contributed by atoms with Crippen LogP contribution in [0, 0.1) is 0 Å². The monoisotopic (exact) mass is 362 g/mol. The second-order valence-electron chi connectivity index (χ2n) is 6.50. The summed E-state index contributed by atoms with van der Waals surface area (Å²) in [6.07, 6.45) is 1.79. The number of carbonyl (C=O) groups excluding carboxylic acids is 1. The van der Waals surface area contributed by atoms with Crippen LogP contribution >= 0.6 is 0 Å². The lowest BCUT2D eigenvalue weighted by molar-refractivity contribution is 0.208. The largest absolute Gasteiger partial charge is 0.353 e. The number of hydrogen-bond donors (Lipinski definition) is 1. The Bertz CT molecular complexity index is 901. The third kappa shape index (κ3) is 3.76. The van der Waals surface area contributed by atoms with E-state index in [1.165, 1.54) is 0 Å². The number of anilines is 2. The van der Waals surface area contributed by atoms with Gasteiger partial charge in [0.05, 0.1) is 5.69 Å². The molecule has 1 saturated heterocycles. The SMILES string of the molecule is Cn1nc(NC(=O)N2CCN(c3ccccn3)CC2)cc1-c1ccccc1. The van der Waals surface area contributed by atoms with Gasteiger partial charge in [0.25, 0.3) is 0 Å². The van der Waals surface area contributed by atoms with E-state index >= 15 is 0 Å². The van der Waals surface area contributed by atoms with Gasteiger partial charge >= 0.3 is 6.03 Å². The number of urea groups is 1. The number of aromatic nitrogens is 3. The number of nitrogens with one attached hydrogen (secondary N) is 1. The number of piperazine rings is 1. The first-order valence-electron chi connectivity index (χ1n) is 9.02. The predicted molar refractivity (Wildman–Crippen MR) is 106 cm³/mol. The summed E-state index contributed by atoms with van der Waals surface area (Å²) in [5.41, 5.74) is 2.03. The van der Waals surface area contributed by atoms with E-state index in [2.05, 4.69) is 20.3 Å². The first-order chi connectivity index (χ1) is 13.2. The number of pyridine rings is 1. The number of hydrogen-bond acceptors (Lipinski definition) is 4. The zero-order valence-corrected chi connectivity index (χ0v) is 15.2. The standard InChI is InChI=1S/C20H22N6O/c1-24-17(16-7-3-2-4-8-16)15-18(23-24)22-20(27)26-13-11-25(12-14-26)19-9-5-6-10-21-19/h2-10,15H,11-14H2,1H3,(H,22,23,27). The summed E-state index contributed by atoms with van der Waals surface area (Å²) >= 11 is 0. The molecular formula is C20H22N6O. The molecule has 0 bridgehead atoms. The summed E-state index contributed by atoms with van der Waals surface area (Å²) in [7, 11) is 1.88. The van der Waals surface area contributed by atoms with E-state index in [-0.39, 0.29) is 6.03 Å². The van der Waals surface area contributed by atoms with Gasteiger partial charge in [0, 0.05) is 45.5 Å². The Morgan fingerprint density at radius 1 is 1.00 bits per heavy atom. The molecule has 0 unspecified atom stereocenters. The summed E-state index contributed by atoms with van der Waals surface area (Å²) in [4.78, 5) is 21.0. The molecule has 3 aromatic rings. The number of rotatable bonds is 3. The number of nitrogens with zero attached hydrogens (tertiary/aromatic N) is 5. The molecule has 2 amide bonds. The van der Waals surface area contributed by atoms with E-state index in [9.17, 15) is 4.79 Å². The Morgan fingerprint density at radius 2 is 1.74 bits per heavy atom. The summed E-state index contributed by atoms with van der Waals surface area (Å²) in [5, 5.41) is 7.34. The van der Waals surface area contributed by atoms with Gasteiger partial charge < -0.3 is 9.80 Å². The van der Waals surface area contributed by atoms with Crippen molar-refractivity contribution in [3.8, 4) is 11.3 Å². The first kappa shape index (κ1) is 17.1. The van der Waals surface area contributed by atoms with Crippen LogP contribution in [0.5, 0.6) is 0 Å². The van der Waals surface area contributed by atoms with Gasteiger partial charge in [0.1, 0.15) is 5.82 Å². The van der Waals surface area contributed by atoms with Gasteiger partial charge in [-0.1, -0.05) is 36.4 Å². The molecule has 138 valence electrons. The van der Waals surface area contributed by atoms with E-state index in [0.29, 0.717) is 18.9 Å². The second kappa shape index (κ2) is 7.49. The van der Waals surface area contributed by atoms with E-state index in [0.717, 1.165) is 30.2 Å². The minimum atomic E-state index is -0.117. The van der Waals surface area contributed by atoms with Crippen LogP contribution in [0.25, 0.3) is 11.3 Å². The molecule has 3 heterocycles. The summed E-state index contributed by atoms with van der Waals surface area (Å²) in [6.45, 7) is 2.84. The maximum atomic E-state index is 12.6. The van der Waals surface area contributed by atoms with Gasteiger partial charge in [-0.05, 0) is 17.7 Å². The normalized spacial score (nSPS) is 14.3. The third-order valence-electron chi connectivity index (χ3n) is 4.72. The average molecular weight is 362 g/mol. The van der Waals surface area contributed by atoms with Crippen molar-refractivity contribution in [2.75, 3.05) is 36.4 Å². The van der Waals surface area contributed by atoms with Gasteiger partial charge in [-0.15, -0.1) is 0 Å². The zero-order chi connectivity index (χ0) is 18.6. The Balaban J connectivity index is 1.38. The zero-order valence-electron chi connectivity index (χ0n) is 15.2. The molecule has 27 heavy (non-hydrogen) atoms. The third-order valence-corrected chi connectivity index (χ3v) is 4.72. The van der Waals surface area contributed by atoms with Crippen molar-refractivity contribution < 1.29 is 4.79 Å². The van der Waals surface area contributed by atoms with Gasteiger partial charge in [0.2, 0.25) is 0 Å². The van der Waals surface area contributed by atoms with E-state index in [1.54, 1.807) is 10.9 Å². The maximum Gasteiger partial charge on any atom is 0.323 e. The molecule has 1 fully saturated rings. The molecule has 1 aliphatic rings. The lowest BCUT2D eigenvalue weighted by Crippen LogP contribution is -2.50. The fourth-order valence-electron chi connectivity index (χ4n) is 3.28. The minimum absolute atomic E-state index is 0.117. The minimum Gasteiger partial charge on any atom is -0.353 e. The van der Waals surface area contributed by atoms with Crippen molar-refractivity contribution in [1.82, 2.24) is 19.7 Å². The molecule has 1 aliphatic heterocycles. The van der Waals surface area contributed by atoms with E-state index < -0.39 is 0 Å². The molecule has 1 aromatic carbocycles. The number of aryl methyl sites for hydroxylation is 1. The Morgan fingerprint density at radius 3 is 2.44 bits per heavy atom. The molecule has 0 aliphatic carbocycles. The lowest BCUT2D eigenvalue weighted by atomic mass is 10.1. The van der Waals surface area contributed by atoms with Crippen molar-refractivity contribution in [3.05, 3.63) is 60.8 Å². The Kier molecular flexibility index (Phi) is 4.74. The molecule has 7 nitrogen and oxygen atoms in total. The van der Waals surface area contributed by atoms with Crippen molar-refractivity contribution >= 4 is 17.7 Å². The van der Waals surface area contributed by atoms with Crippen LogP contribution in [0.1, 0.15) is 0 Å². The summed E-state index contributed by atoms with van der Waals surface area (Å²) in [5.74, 6) is 1.52. The molecule has 0 atom stereocenters. The lowest BCUT2D eigenvalue weighted by Gasteiger charge is -2.35. The number of amides is 2. The van der Waals surface area contributed by atoms with Gasteiger partial charge in [-0.2, -0.15) is 5.10 Å². The smallest absolute Gasteiger partial charge is 0.323 e. The molecule has 1 N–H and O–H groups in total. The van der Waals surface area contributed by atoms with Crippen LogP contribution in [0.2, 0.25) is 0 Å². The predicted octanol–water partition coefficient (Wildman–Crippen LogP) is 2.84. The molecule has 2 aromatic heterocycles. The van der Waals surface area contributed by atoms with Crippen LogP contribution in [0.3, 0.4) is 0 Å². The van der Waals surface area contributed by atoms with E-state index in [4.69, 9.17) is 0 Å². The summed E-state index contributed by atoms with van der Waals surface area (Å²) in [6, 6.07) is 17.7. The van der Waals surface area contributed by atoms with Crippen LogP contribution in [0.15, 0.2) is 60.8 Å². The fraction of sp³-hybridized carbons (Fsp3) is 0.250. The Labute approximate surface area is 158 Å². The van der Waals surface area contributed by atoms with Crippen LogP contribution in [-0.4, -0.2) is 51.9 Å². The van der Waals surface area contributed by atoms with Crippen molar-refractivity contribution in [3.63, 3.8) is 0 Å². The molecule has 4 rings (SSSR count). The highest BCUT2D eigenvalue weighted by atomic mass is 16.2. The molecule has 7 heteroatoms. The van der Waals surface area contributed by atoms with Gasteiger partial charge in [0.15, 0.2) is 5.82 Å². The van der Waals surface area contributed by atoms with Crippen molar-refractivity contribution in [1.29, 1.82) is 0 Å². The van der Waals surface area contributed by atoms with Crippen LogP contribution < -0.4 is 10.2 Å². The van der Waals surface area contributed by atoms with E-state index in [1.807, 2.05) is 66.5 Å². The molecule has 0 radical (unpaired) electrons. The number of benzene rings is 1. The molecular weight excluding hydrogens is 340 g/mol. The van der Waals surface area contributed by atoms with Gasteiger partial charge in [-0.25, -0.2) is 9.78 Å². The topological polar surface area (TPSA) is 66.3 Å². The first-order valence-corrected chi connectivity index (χ1v) is 9.02. The maximum absolute atomic E-state index is 12.6. The quantitative estimate of drug-likeness (QED) is 0.778. The second-order valence-corrected chi connectivity index (χ2v) is 6.50. The Hall–Kier alpha value is -3.35. The number of carbonyl (C=O) groups is 1. The fourth-order valence-corrected chi connectivity index (χ4v) is 3.28. The van der Waals surface area contributed by atoms with Crippen molar-refractivity contribution in [2.24, 2.45) is 7.05 Å². The molecule has 0 spiro atoms. The van der Waals surface area contributed by atoms with Crippen LogP contribution in [-0.2, 0) is 7.05 Å². The van der Waals surface area contributed by atoms with Gasteiger partial charge in [-0.3, -0.25) is 10.00 Å². The molecule has 0 saturated carbocycles. The van der Waals surface area contributed by atoms with Crippen LogP contribution in [0.4, 0.5) is 16.4 Å². The highest BCUT2D eigenvalue weighted by molar-refractivity contribution is 5.89. The summed E-state index contributed by atoms with van der Waals surface area (Å²) < 4.78 is 1.78. The highest BCUT2D eigenvalue weighted by Crippen LogP contribution is 2.22. The highest BCUT2D eigenvalue weighted by Gasteiger charge is 2.22.